The molecule has 12 heavy (non-hydrogen) atoms. The minimum absolute atomic E-state index is 0.302. The highest BCUT2D eigenvalue weighted by atomic mass is 32.2. The molecule has 0 saturated carbocycles. The van der Waals surface area contributed by atoms with Crippen LogP contribution in [-0.2, 0) is 10.8 Å². The Bertz CT molecular complexity index is 182. The lowest BCUT2D eigenvalue weighted by Crippen LogP contribution is -2.44. The van der Waals surface area contributed by atoms with Crippen LogP contribution < -0.4 is 5.32 Å². The van der Waals surface area contributed by atoms with Crippen molar-refractivity contribution in [1.29, 1.82) is 0 Å². The first-order valence-electron chi connectivity index (χ1n) is 3.65. The fourth-order valence-electron chi connectivity index (χ4n) is 1.05. The van der Waals surface area contributed by atoms with Gasteiger partial charge < -0.3 is 5.32 Å². The van der Waals surface area contributed by atoms with Gasteiger partial charge in [-0.2, -0.15) is 13.2 Å². The Balaban J connectivity index is 2.58. The van der Waals surface area contributed by atoms with Gasteiger partial charge in [0, 0.05) is 22.3 Å². The molecule has 0 aromatic carbocycles. The second-order valence-corrected chi connectivity index (χ2v) is 4.33. The summed E-state index contributed by atoms with van der Waals surface area (Å²) >= 11 is 0. The molecule has 1 N–H and O–H groups in total. The lowest BCUT2D eigenvalue weighted by molar-refractivity contribution is -0.150. The van der Waals surface area contributed by atoms with E-state index in [4.69, 9.17) is 0 Å². The SMILES string of the molecule is O=S1CCCNC(C(F)(F)F)C1. The molecule has 2 atom stereocenters. The van der Waals surface area contributed by atoms with Gasteiger partial charge in [-0.05, 0) is 13.0 Å². The normalized spacial score (nSPS) is 32.9. The molecule has 2 unspecified atom stereocenters. The summed E-state index contributed by atoms with van der Waals surface area (Å²) < 4.78 is 47.2. The van der Waals surface area contributed by atoms with Gasteiger partial charge in [0.2, 0.25) is 0 Å². The van der Waals surface area contributed by atoms with E-state index < -0.39 is 23.0 Å². The highest BCUT2D eigenvalue weighted by molar-refractivity contribution is 7.85. The molecule has 1 aliphatic rings. The minimum atomic E-state index is -4.26. The van der Waals surface area contributed by atoms with Gasteiger partial charge in [-0.15, -0.1) is 0 Å². The standard InChI is InChI=1S/C6H10F3NOS/c7-6(8,9)5-4-12(11)3-1-2-10-5/h5,10H,1-4H2. The Morgan fingerprint density at radius 1 is 1.42 bits per heavy atom. The summed E-state index contributed by atoms with van der Waals surface area (Å²) in [6.07, 6.45) is -3.71. The number of rotatable bonds is 0. The third-order valence-electron chi connectivity index (χ3n) is 1.69. The lowest BCUT2D eigenvalue weighted by atomic mass is 10.3. The molecule has 2 nitrogen and oxygen atoms in total. The zero-order valence-electron chi connectivity index (χ0n) is 6.36. The highest BCUT2D eigenvalue weighted by Crippen LogP contribution is 2.21. The van der Waals surface area contributed by atoms with Crippen molar-refractivity contribution >= 4 is 10.8 Å². The number of hydrogen-bond acceptors (Lipinski definition) is 2. The maximum Gasteiger partial charge on any atom is 0.404 e. The Kier molecular flexibility index (Phi) is 3.11. The van der Waals surface area contributed by atoms with Crippen LogP contribution in [0, 0.1) is 0 Å². The molecule has 1 heterocycles. The minimum Gasteiger partial charge on any atom is -0.305 e. The lowest BCUT2D eigenvalue weighted by Gasteiger charge is -2.18. The van der Waals surface area contributed by atoms with Crippen molar-refractivity contribution in [2.75, 3.05) is 18.1 Å². The number of nitrogens with one attached hydrogen (secondary N) is 1. The predicted octanol–water partition coefficient (Wildman–Crippen LogP) is 0.659. The Morgan fingerprint density at radius 2 is 2.08 bits per heavy atom. The van der Waals surface area contributed by atoms with Crippen molar-refractivity contribution in [1.82, 2.24) is 5.32 Å². The number of alkyl halides is 3. The van der Waals surface area contributed by atoms with Gasteiger partial charge in [-0.3, -0.25) is 4.21 Å². The first-order valence-corrected chi connectivity index (χ1v) is 5.14. The summed E-state index contributed by atoms with van der Waals surface area (Å²) in [4.78, 5) is 0. The second kappa shape index (κ2) is 3.74. The van der Waals surface area contributed by atoms with Gasteiger partial charge in [-0.25, -0.2) is 0 Å². The summed E-state index contributed by atoms with van der Waals surface area (Å²) in [6, 6.07) is -1.58. The molecule has 0 aromatic rings. The maximum atomic E-state index is 12.1. The van der Waals surface area contributed by atoms with Crippen LogP contribution in [0.25, 0.3) is 0 Å². The van der Waals surface area contributed by atoms with Crippen LogP contribution in [0.1, 0.15) is 6.42 Å². The van der Waals surface area contributed by atoms with E-state index >= 15 is 0 Å². The molecule has 6 heteroatoms. The molecule has 0 aliphatic carbocycles. The van der Waals surface area contributed by atoms with E-state index in [2.05, 4.69) is 5.32 Å². The monoisotopic (exact) mass is 201 g/mol. The smallest absolute Gasteiger partial charge is 0.305 e. The predicted molar refractivity (Wildman–Crippen MR) is 40.3 cm³/mol. The molecule has 0 bridgehead atoms. The fraction of sp³-hybridized carbons (Fsp3) is 1.00. The van der Waals surface area contributed by atoms with Crippen LogP contribution in [-0.4, -0.2) is 34.5 Å². The first-order chi connectivity index (χ1) is 5.50. The van der Waals surface area contributed by atoms with Crippen molar-refractivity contribution in [3.63, 3.8) is 0 Å². The Hall–Kier alpha value is -0.100. The van der Waals surface area contributed by atoms with Crippen LogP contribution in [0.5, 0.6) is 0 Å². The molecule has 0 aromatic heterocycles. The van der Waals surface area contributed by atoms with Crippen LogP contribution in [0.15, 0.2) is 0 Å². The summed E-state index contributed by atoms with van der Waals surface area (Å²) in [5, 5.41) is 2.33. The number of halogens is 3. The van der Waals surface area contributed by atoms with Crippen molar-refractivity contribution < 1.29 is 17.4 Å². The first kappa shape index (κ1) is 9.98. The van der Waals surface area contributed by atoms with Crippen molar-refractivity contribution in [3.8, 4) is 0 Å². The van der Waals surface area contributed by atoms with E-state index in [1.54, 1.807) is 0 Å². The van der Waals surface area contributed by atoms with Crippen LogP contribution in [0.4, 0.5) is 13.2 Å². The quantitative estimate of drug-likeness (QED) is 0.623. The molecule has 1 aliphatic heterocycles. The van der Waals surface area contributed by atoms with Gasteiger partial charge in [0.15, 0.2) is 0 Å². The summed E-state index contributed by atoms with van der Waals surface area (Å²) in [7, 11) is -1.32. The van der Waals surface area contributed by atoms with Crippen molar-refractivity contribution in [2.24, 2.45) is 0 Å². The molecule has 0 spiro atoms. The fourth-order valence-corrected chi connectivity index (χ4v) is 2.36. The zero-order valence-corrected chi connectivity index (χ0v) is 7.17. The Labute approximate surface area is 71.0 Å². The Morgan fingerprint density at radius 3 is 2.67 bits per heavy atom. The van der Waals surface area contributed by atoms with Gasteiger partial charge >= 0.3 is 6.18 Å². The van der Waals surface area contributed by atoms with Crippen LogP contribution >= 0.6 is 0 Å². The average Bonchev–Trinajstić information content (AvgIpc) is 2.11. The van der Waals surface area contributed by atoms with Crippen LogP contribution in [0.3, 0.4) is 0 Å². The van der Waals surface area contributed by atoms with Crippen molar-refractivity contribution in [2.45, 2.75) is 18.6 Å². The van der Waals surface area contributed by atoms with Crippen LogP contribution in [0.2, 0.25) is 0 Å². The molecular weight excluding hydrogens is 191 g/mol. The summed E-state index contributed by atoms with van der Waals surface area (Å²) in [5.41, 5.74) is 0. The van der Waals surface area contributed by atoms with Gasteiger partial charge in [0.25, 0.3) is 0 Å². The number of hydrogen-bond donors (Lipinski definition) is 1. The van der Waals surface area contributed by atoms with E-state index in [1.165, 1.54) is 0 Å². The largest absolute Gasteiger partial charge is 0.404 e. The van der Waals surface area contributed by atoms with Crippen molar-refractivity contribution in [3.05, 3.63) is 0 Å². The third kappa shape index (κ3) is 2.75. The topological polar surface area (TPSA) is 29.1 Å². The van der Waals surface area contributed by atoms with E-state index in [1.807, 2.05) is 0 Å². The highest BCUT2D eigenvalue weighted by Gasteiger charge is 2.40. The van der Waals surface area contributed by atoms with Gasteiger partial charge in [0.05, 0.1) is 0 Å². The van der Waals surface area contributed by atoms with Gasteiger partial charge in [0.1, 0.15) is 6.04 Å². The molecule has 72 valence electrons. The van der Waals surface area contributed by atoms with E-state index in [9.17, 15) is 17.4 Å². The molecule has 0 amide bonds. The van der Waals surface area contributed by atoms with E-state index in [-0.39, 0.29) is 5.75 Å². The molecular formula is C6H10F3NOS. The zero-order chi connectivity index (χ0) is 9.19. The summed E-state index contributed by atoms with van der Waals surface area (Å²) in [6.45, 7) is 0.302. The van der Waals surface area contributed by atoms with E-state index in [0.29, 0.717) is 18.7 Å². The maximum absolute atomic E-state index is 12.1. The van der Waals surface area contributed by atoms with E-state index in [0.717, 1.165) is 0 Å². The third-order valence-corrected chi connectivity index (χ3v) is 3.14. The average molecular weight is 201 g/mol. The second-order valence-electron chi connectivity index (χ2n) is 2.71. The molecule has 1 fully saturated rings. The molecule has 0 radical (unpaired) electrons. The molecule has 1 saturated heterocycles. The van der Waals surface area contributed by atoms with Gasteiger partial charge in [-0.1, -0.05) is 0 Å². The molecule has 1 rings (SSSR count). The summed E-state index contributed by atoms with van der Waals surface area (Å²) in [5.74, 6) is 0.0725.